The number of amides is 1. The van der Waals surface area contributed by atoms with Crippen LogP contribution >= 0.6 is 0 Å². The first-order chi connectivity index (χ1) is 10.1. The molecule has 0 unspecified atom stereocenters. The molecule has 0 spiro atoms. The van der Waals surface area contributed by atoms with Gasteiger partial charge in [-0.15, -0.1) is 0 Å². The molecule has 1 fully saturated rings. The Hall–Kier alpha value is -2.17. The Balaban J connectivity index is 2.16. The van der Waals surface area contributed by atoms with Crippen molar-refractivity contribution in [3.63, 3.8) is 0 Å². The molecular formula is C16H17FN2O2. The molecular weight excluding hydrogens is 271 g/mol. The Kier molecular flexibility index (Phi) is 3.49. The molecule has 0 radical (unpaired) electrons. The highest BCUT2D eigenvalue weighted by atomic mass is 19.1. The predicted octanol–water partition coefficient (Wildman–Crippen LogP) is 2.44. The maximum atomic E-state index is 13.4. The van der Waals surface area contributed by atoms with Gasteiger partial charge in [0, 0.05) is 18.0 Å². The third-order valence-corrected chi connectivity index (χ3v) is 3.66. The number of pyridine rings is 1. The number of nitrogens with one attached hydrogen (secondary N) is 1. The van der Waals surface area contributed by atoms with E-state index in [1.54, 1.807) is 6.07 Å². The fourth-order valence-corrected chi connectivity index (χ4v) is 2.45. The molecule has 21 heavy (non-hydrogen) atoms. The highest BCUT2D eigenvalue weighted by molar-refractivity contribution is 5.97. The summed E-state index contributed by atoms with van der Waals surface area (Å²) in [5.74, 6) is -0.669. The molecule has 110 valence electrons. The van der Waals surface area contributed by atoms with Gasteiger partial charge in [-0.05, 0) is 48.9 Å². The number of carbonyl (C=O) groups excluding carboxylic acids is 1. The third-order valence-electron chi connectivity index (χ3n) is 3.66. The number of aromatic nitrogens is 1. The molecule has 1 aromatic heterocycles. The van der Waals surface area contributed by atoms with E-state index in [1.165, 1.54) is 22.8 Å². The SMILES string of the molecule is CCCn1c(C(=O)NC2CC2)cc2cc(F)ccc2c1=O. The lowest BCUT2D eigenvalue weighted by molar-refractivity contribution is 0.0940. The van der Waals surface area contributed by atoms with Crippen LogP contribution in [0.4, 0.5) is 4.39 Å². The van der Waals surface area contributed by atoms with Crippen molar-refractivity contribution in [1.82, 2.24) is 9.88 Å². The minimum absolute atomic E-state index is 0.214. The summed E-state index contributed by atoms with van der Waals surface area (Å²) in [5, 5.41) is 3.79. The van der Waals surface area contributed by atoms with Gasteiger partial charge in [0.2, 0.25) is 0 Å². The summed E-state index contributed by atoms with van der Waals surface area (Å²) in [6, 6.07) is 5.85. The molecule has 3 rings (SSSR count). The van der Waals surface area contributed by atoms with Gasteiger partial charge >= 0.3 is 0 Å². The van der Waals surface area contributed by atoms with Gasteiger partial charge in [-0.3, -0.25) is 9.59 Å². The number of hydrogen-bond acceptors (Lipinski definition) is 2. The largest absolute Gasteiger partial charge is 0.348 e. The molecule has 1 aliphatic rings. The summed E-state index contributed by atoms with van der Waals surface area (Å²) < 4.78 is 14.8. The van der Waals surface area contributed by atoms with Gasteiger partial charge in [-0.2, -0.15) is 0 Å². The fourth-order valence-electron chi connectivity index (χ4n) is 2.45. The second-order valence-electron chi connectivity index (χ2n) is 5.47. The van der Waals surface area contributed by atoms with Crippen LogP contribution in [-0.4, -0.2) is 16.5 Å². The quantitative estimate of drug-likeness (QED) is 0.939. The van der Waals surface area contributed by atoms with Gasteiger partial charge in [0.25, 0.3) is 11.5 Å². The van der Waals surface area contributed by atoms with Crippen molar-refractivity contribution >= 4 is 16.7 Å². The number of benzene rings is 1. The molecule has 5 heteroatoms. The molecule has 0 bridgehead atoms. The zero-order valence-electron chi connectivity index (χ0n) is 11.9. The summed E-state index contributed by atoms with van der Waals surface area (Å²) >= 11 is 0. The van der Waals surface area contributed by atoms with Crippen LogP contribution in [-0.2, 0) is 6.54 Å². The smallest absolute Gasteiger partial charge is 0.268 e. The first-order valence-electron chi connectivity index (χ1n) is 7.24. The molecule has 0 saturated heterocycles. The molecule has 4 nitrogen and oxygen atoms in total. The monoisotopic (exact) mass is 288 g/mol. The van der Waals surface area contributed by atoms with Crippen molar-refractivity contribution in [3.8, 4) is 0 Å². The average molecular weight is 288 g/mol. The highest BCUT2D eigenvalue weighted by Crippen LogP contribution is 2.20. The number of fused-ring (bicyclic) bond motifs is 1. The van der Waals surface area contributed by atoms with Crippen LogP contribution in [0.25, 0.3) is 10.8 Å². The lowest BCUT2D eigenvalue weighted by Crippen LogP contribution is -2.33. The standard InChI is InChI=1S/C16H17FN2O2/c1-2-7-19-14(15(20)18-12-4-5-12)9-10-8-11(17)3-6-13(10)16(19)21/h3,6,8-9,12H,2,4-5,7H2,1H3,(H,18,20). The Morgan fingerprint density at radius 1 is 1.38 bits per heavy atom. The highest BCUT2D eigenvalue weighted by Gasteiger charge is 2.25. The van der Waals surface area contributed by atoms with Gasteiger partial charge < -0.3 is 9.88 Å². The normalized spacial score (nSPS) is 14.4. The Morgan fingerprint density at radius 3 is 2.81 bits per heavy atom. The van der Waals surface area contributed by atoms with Crippen LogP contribution in [0.5, 0.6) is 0 Å². The van der Waals surface area contributed by atoms with E-state index in [9.17, 15) is 14.0 Å². The molecule has 1 amide bonds. The van der Waals surface area contributed by atoms with Gasteiger partial charge in [0.15, 0.2) is 0 Å². The van der Waals surface area contributed by atoms with E-state index in [0.717, 1.165) is 19.3 Å². The predicted molar refractivity (Wildman–Crippen MR) is 78.9 cm³/mol. The van der Waals surface area contributed by atoms with Crippen molar-refractivity contribution in [2.75, 3.05) is 0 Å². The molecule has 2 aromatic rings. The lowest BCUT2D eigenvalue weighted by Gasteiger charge is -2.13. The molecule has 1 aliphatic carbocycles. The number of nitrogens with zero attached hydrogens (tertiary/aromatic N) is 1. The van der Waals surface area contributed by atoms with Crippen LogP contribution in [0.3, 0.4) is 0 Å². The van der Waals surface area contributed by atoms with Gasteiger partial charge in [0.1, 0.15) is 11.5 Å². The van der Waals surface area contributed by atoms with Crippen LogP contribution in [0.2, 0.25) is 0 Å². The Morgan fingerprint density at radius 2 is 2.14 bits per heavy atom. The topological polar surface area (TPSA) is 51.1 Å². The second kappa shape index (κ2) is 5.31. The van der Waals surface area contributed by atoms with Crippen molar-refractivity contribution in [3.05, 3.63) is 46.1 Å². The molecule has 0 atom stereocenters. The maximum absolute atomic E-state index is 13.4. The van der Waals surface area contributed by atoms with Crippen molar-refractivity contribution in [2.45, 2.75) is 38.8 Å². The number of rotatable bonds is 4. The molecule has 1 aromatic carbocycles. The van der Waals surface area contributed by atoms with Crippen LogP contribution in [0, 0.1) is 5.82 Å². The van der Waals surface area contributed by atoms with Crippen LogP contribution < -0.4 is 10.9 Å². The zero-order chi connectivity index (χ0) is 15.0. The molecule has 0 aliphatic heterocycles. The minimum Gasteiger partial charge on any atom is -0.348 e. The van der Waals surface area contributed by atoms with Crippen molar-refractivity contribution < 1.29 is 9.18 Å². The summed E-state index contributed by atoms with van der Waals surface area (Å²) in [7, 11) is 0. The van der Waals surface area contributed by atoms with E-state index in [1.807, 2.05) is 6.92 Å². The lowest BCUT2D eigenvalue weighted by atomic mass is 10.1. The first kappa shape index (κ1) is 13.8. The van der Waals surface area contributed by atoms with E-state index in [4.69, 9.17) is 0 Å². The van der Waals surface area contributed by atoms with Crippen LogP contribution in [0.1, 0.15) is 36.7 Å². The van der Waals surface area contributed by atoms with Crippen molar-refractivity contribution in [1.29, 1.82) is 0 Å². The van der Waals surface area contributed by atoms with E-state index in [-0.39, 0.29) is 17.5 Å². The van der Waals surface area contributed by atoms with E-state index in [2.05, 4.69) is 5.32 Å². The summed E-state index contributed by atoms with van der Waals surface area (Å²) in [5.41, 5.74) is 0.0714. The van der Waals surface area contributed by atoms with E-state index >= 15 is 0 Å². The van der Waals surface area contributed by atoms with E-state index < -0.39 is 5.82 Å². The van der Waals surface area contributed by atoms with E-state index in [0.29, 0.717) is 23.0 Å². The van der Waals surface area contributed by atoms with Crippen molar-refractivity contribution in [2.24, 2.45) is 0 Å². The third kappa shape index (κ3) is 2.68. The first-order valence-corrected chi connectivity index (χ1v) is 7.24. The number of carbonyl (C=O) groups is 1. The van der Waals surface area contributed by atoms with Crippen LogP contribution in [0.15, 0.2) is 29.1 Å². The molecule has 1 saturated carbocycles. The van der Waals surface area contributed by atoms with Gasteiger partial charge in [0.05, 0.1) is 0 Å². The maximum Gasteiger partial charge on any atom is 0.268 e. The number of hydrogen-bond donors (Lipinski definition) is 1. The number of halogens is 1. The summed E-state index contributed by atoms with van der Waals surface area (Å²) in [6.45, 7) is 2.42. The Labute approximate surface area is 121 Å². The Bertz CT molecular complexity index is 763. The average Bonchev–Trinajstić information content (AvgIpc) is 3.25. The van der Waals surface area contributed by atoms with Gasteiger partial charge in [-0.1, -0.05) is 6.92 Å². The summed E-state index contributed by atoms with van der Waals surface area (Å²) in [6.07, 6.45) is 2.70. The fraction of sp³-hybridized carbons (Fsp3) is 0.375. The second-order valence-corrected chi connectivity index (χ2v) is 5.47. The molecule has 1 heterocycles. The zero-order valence-corrected chi connectivity index (χ0v) is 11.9. The molecule has 1 N–H and O–H groups in total. The minimum atomic E-state index is -0.413. The summed E-state index contributed by atoms with van der Waals surface area (Å²) in [4.78, 5) is 24.8. The van der Waals surface area contributed by atoms with Gasteiger partial charge in [-0.25, -0.2) is 4.39 Å².